The third-order valence-corrected chi connectivity index (χ3v) is 23.7. The molecule has 1 radical (unpaired) electrons. The zero-order valence-electron chi connectivity index (χ0n) is 12.9. The summed E-state index contributed by atoms with van der Waals surface area (Å²) in [5.41, 5.74) is 2.19. The first-order valence-electron chi connectivity index (χ1n) is 6.57. The van der Waals surface area contributed by atoms with E-state index in [2.05, 4.69) is 51.4 Å². The quantitative estimate of drug-likeness (QED) is 0.557. The zero-order valence-corrected chi connectivity index (χ0v) is 17.4. The molecule has 0 aliphatic carbocycles. The van der Waals surface area contributed by atoms with Gasteiger partial charge in [-0.25, -0.2) is 0 Å². The van der Waals surface area contributed by atoms with Gasteiger partial charge in [-0.05, 0) is 19.1 Å². The fourth-order valence-electron chi connectivity index (χ4n) is 3.31. The summed E-state index contributed by atoms with van der Waals surface area (Å²) in [4.78, 5) is 4.83. The lowest BCUT2D eigenvalue weighted by molar-refractivity contribution is 0.963. The Labute approximate surface area is 130 Å². The van der Waals surface area contributed by atoms with Crippen molar-refractivity contribution < 1.29 is 0 Å². The van der Waals surface area contributed by atoms with E-state index >= 15 is 0 Å². The molecule has 0 spiro atoms. The van der Waals surface area contributed by atoms with Gasteiger partial charge in [0.15, 0.2) is 0 Å². The van der Waals surface area contributed by atoms with Crippen LogP contribution >= 0.6 is 22.2 Å². The maximum atomic E-state index is 6.65. The Morgan fingerprint density at radius 3 is 1.79 bits per heavy atom. The van der Waals surface area contributed by atoms with Gasteiger partial charge in [0.05, 0.1) is 16.1 Å². The lowest BCUT2D eigenvalue weighted by Crippen LogP contribution is -2.69. The summed E-state index contributed by atoms with van der Waals surface area (Å²) in [5.74, 6) is 0. The number of nitrogens with zero attached hydrogens (tertiary/aromatic N) is 1. The van der Waals surface area contributed by atoms with Gasteiger partial charge in [-0.1, -0.05) is 45.3 Å². The Morgan fingerprint density at radius 1 is 1.00 bits per heavy atom. The summed E-state index contributed by atoms with van der Waals surface area (Å²) >= 11 is 13.3. The van der Waals surface area contributed by atoms with Crippen LogP contribution in [0.2, 0.25) is 39.3 Å². The van der Waals surface area contributed by atoms with Crippen LogP contribution in [0.5, 0.6) is 0 Å². The van der Waals surface area contributed by atoms with Crippen molar-refractivity contribution in [2.24, 2.45) is 0 Å². The maximum absolute atomic E-state index is 6.65. The van der Waals surface area contributed by atoms with Crippen molar-refractivity contribution in [3.63, 3.8) is 0 Å². The van der Waals surface area contributed by atoms with Crippen LogP contribution in [0.4, 0.5) is 0 Å². The van der Waals surface area contributed by atoms with Crippen molar-refractivity contribution in [2.75, 3.05) is 0 Å². The van der Waals surface area contributed by atoms with Gasteiger partial charge in [0.2, 0.25) is 0 Å². The van der Waals surface area contributed by atoms with E-state index < -0.39 is 23.6 Å². The van der Waals surface area contributed by atoms with Crippen molar-refractivity contribution >= 4 is 45.7 Å². The Morgan fingerprint density at radius 2 is 1.47 bits per heavy atom. The van der Waals surface area contributed by atoms with Gasteiger partial charge in [0.1, 0.15) is 0 Å². The minimum Gasteiger partial charge on any atom is -0.258 e. The van der Waals surface area contributed by atoms with E-state index in [1.807, 2.05) is 13.0 Å². The average Bonchev–Trinajstić information content (AvgIpc) is 2.12. The van der Waals surface area contributed by atoms with E-state index in [0.717, 1.165) is 11.4 Å². The van der Waals surface area contributed by atoms with Crippen LogP contribution in [-0.4, -0.2) is 28.5 Å². The van der Waals surface area contributed by atoms with E-state index in [4.69, 9.17) is 27.1 Å². The second-order valence-electron chi connectivity index (χ2n) is 7.17. The second-order valence-corrected chi connectivity index (χ2v) is 23.3. The molecule has 1 aromatic heterocycles. The Kier molecular flexibility index (Phi) is 5.17. The third kappa shape index (κ3) is 3.02. The molecule has 0 unspecified atom stereocenters. The summed E-state index contributed by atoms with van der Waals surface area (Å²) in [6.45, 7) is 16.3. The molecule has 1 heterocycles. The topological polar surface area (TPSA) is 12.9 Å². The Bertz CT molecular complexity index is 436. The molecule has 0 atom stereocenters. The number of hydrogen-bond donors (Lipinski definition) is 0. The van der Waals surface area contributed by atoms with Gasteiger partial charge >= 0.3 is 0 Å². The first kappa shape index (κ1) is 17.4. The van der Waals surface area contributed by atoms with Crippen LogP contribution in [0.15, 0.2) is 18.2 Å². The van der Waals surface area contributed by atoms with E-state index in [1.165, 1.54) is 0 Å². The average molecular weight is 350 g/mol. The number of rotatable bonds is 4. The highest BCUT2D eigenvalue weighted by atomic mass is 35.7. The molecular weight excluding hydrogens is 325 g/mol. The van der Waals surface area contributed by atoms with Gasteiger partial charge < -0.3 is 0 Å². The predicted octanol–water partition coefficient (Wildman–Crippen LogP) is 4.89. The van der Waals surface area contributed by atoms with Gasteiger partial charge in [0, 0.05) is 15.7 Å². The normalized spacial score (nSPS) is 14.0. The summed E-state index contributed by atoms with van der Waals surface area (Å²) in [6, 6.07) is 6.27. The third-order valence-electron chi connectivity index (χ3n) is 3.81. The van der Waals surface area contributed by atoms with Crippen molar-refractivity contribution in [1.29, 1.82) is 0 Å². The SMILES string of the molecule is Cc1cccc(C([Si](Cl)Cl)([Si](C)(C)C)[Si](C)(C)C)n1. The summed E-state index contributed by atoms with van der Waals surface area (Å²) < 4.78 is -0.0419. The molecule has 0 fully saturated rings. The van der Waals surface area contributed by atoms with E-state index in [-0.39, 0.29) is 4.28 Å². The Hall–Kier alpha value is 0.381. The molecule has 0 saturated heterocycles. The molecule has 1 aromatic rings. The number of aromatic nitrogens is 1. The molecule has 0 amide bonds. The molecule has 0 bridgehead atoms. The first-order chi connectivity index (χ1) is 8.44. The van der Waals surface area contributed by atoms with Crippen molar-refractivity contribution in [2.45, 2.75) is 50.5 Å². The van der Waals surface area contributed by atoms with Gasteiger partial charge in [-0.2, -0.15) is 0 Å². The lowest BCUT2D eigenvalue weighted by Gasteiger charge is -2.51. The summed E-state index contributed by atoms with van der Waals surface area (Å²) in [5, 5.41) is 0. The molecule has 0 aliphatic heterocycles. The largest absolute Gasteiger partial charge is 0.280 e. The fraction of sp³-hybridized carbons (Fsp3) is 0.615. The van der Waals surface area contributed by atoms with Crippen molar-refractivity contribution in [3.05, 3.63) is 29.6 Å². The number of aryl methyl sites for hydroxylation is 1. The van der Waals surface area contributed by atoms with Crippen LogP contribution < -0.4 is 0 Å². The van der Waals surface area contributed by atoms with Gasteiger partial charge in [-0.15, -0.1) is 22.2 Å². The van der Waals surface area contributed by atoms with Crippen molar-refractivity contribution in [1.82, 2.24) is 4.98 Å². The Balaban J connectivity index is 3.68. The molecule has 107 valence electrons. The monoisotopic (exact) mass is 348 g/mol. The highest BCUT2D eigenvalue weighted by molar-refractivity contribution is 7.42. The highest BCUT2D eigenvalue weighted by Crippen LogP contribution is 2.46. The van der Waals surface area contributed by atoms with Gasteiger partial charge in [0.25, 0.3) is 7.42 Å². The number of hydrogen-bond acceptors (Lipinski definition) is 1. The lowest BCUT2D eigenvalue weighted by atomic mass is 10.3. The van der Waals surface area contributed by atoms with Gasteiger partial charge in [-0.3, -0.25) is 4.98 Å². The minimum absolute atomic E-state index is 0.0419. The van der Waals surface area contributed by atoms with Crippen LogP contribution in [0.25, 0.3) is 0 Å². The molecule has 1 nitrogen and oxygen atoms in total. The van der Waals surface area contributed by atoms with Crippen molar-refractivity contribution in [3.8, 4) is 0 Å². The molecule has 0 aliphatic rings. The number of pyridine rings is 1. The molecule has 1 rings (SSSR count). The second kappa shape index (κ2) is 5.64. The minimum atomic E-state index is -1.62. The molecule has 0 N–H and O–H groups in total. The standard InChI is InChI=1S/C13H24Cl2NSi3/c1-11-9-8-10-12(16-11)13(17(14)15,18(2,3)4)19(5,6)7/h8-10H,1-7H3. The maximum Gasteiger partial charge on any atom is 0.280 e. The molecule has 0 saturated carbocycles. The van der Waals surface area contributed by atoms with Crippen LogP contribution in [-0.2, 0) is 4.28 Å². The highest BCUT2D eigenvalue weighted by Gasteiger charge is 2.60. The van der Waals surface area contributed by atoms with E-state index in [9.17, 15) is 0 Å². The molecule has 6 heteroatoms. The molecule has 0 aromatic carbocycles. The molecular formula is C13H24Cl2NSi3. The first-order valence-corrected chi connectivity index (χ1v) is 17.1. The van der Waals surface area contributed by atoms with Crippen LogP contribution in [0.3, 0.4) is 0 Å². The summed E-state index contributed by atoms with van der Waals surface area (Å²) in [7, 11) is -4.75. The fourth-order valence-corrected chi connectivity index (χ4v) is 29.8. The van der Waals surface area contributed by atoms with E-state index in [0.29, 0.717) is 0 Å². The smallest absolute Gasteiger partial charge is 0.258 e. The van der Waals surface area contributed by atoms with Crippen LogP contribution in [0, 0.1) is 6.92 Å². The molecule has 19 heavy (non-hydrogen) atoms. The van der Waals surface area contributed by atoms with E-state index in [1.54, 1.807) is 0 Å². The number of halogens is 2. The van der Waals surface area contributed by atoms with Crippen LogP contribution in [0.1, 0.15) is 11.4 Å². The summed E-state index contributed by atoms with van der Waals surface area (Å²) in [6.07, 6.45) is 0. The zero-order chi connectivity index (χ0) is 15.1. The predicted molar refractivity (Wildman–Crippen MR) is 94.8 cm³/mol.